The first-order valence-electron chi connectivity index (χ1n) is 6.36. The van der Waals surface area contributed by atoms with Crippen molar-refractivity contribution in [2.45, 2.75) is 26.3 Å². The minimum atomic E-state index is -0.500. The average Bonchev–Trinajstić information content (AvgIpc) is 2.44. The molecule has 1 atom stereocenters. The van der Waals surface area contributed by atoms with Gasteiger partial charge < -0.3 is 14.8 Å². The van der Waals surface area contributed by atoms with Crippen molar-refractivity contribution in [3.8, 4) is 0 Å². The lowest BCUT2D eigenvalue weighted by Gasteiger charge is -2.18. The maximum Gasteiger partial charge on any atom is 0.338 e. The average molecular weight is 280 g/mol. The molecule has 1 heterocycles. The van der Waals surface area contributed by atoms with Crippen LogP contribution in [0.1, 0.15) is 30.6 Å². The van der Waals surface area contributed by atoms with Crippen molar-refractivity contribution in [2.24, 2.45) is 5.92 Å². The third-order valence-corrected chi connectivity index (χ3v) is 2.70. The number of esters is 2. The maximum atomic E-state index is 11.7. The second-order valence-corrected chi connectivity index (χ2v) is 4.77. The summed E-state index contributed by atoms with van der Waals surface area (Å²) in [6.45, 7) is 4.02. The molecule has 0 amide bonds. The number of aromatic nitrogens is 1. The molecular formula is C14H20N2O4. The zero-order valence-electron chi connectivity index (χ0n) is 12.2. The van der Waals surface area contributed by atoms with Crippen LogP contribution in [-0.2, 0) is 14.3 Å². The molecule has 6 heteroatoms. The van der Waals surface area contributed by atoms with Crippen molar-refractivity contribution >= 4 is 17.8 Å². The van der Waals surface area contributed by atoms with Crippen LogP contribution in [0.2, 0.25) is 0 Å². The van der Waals surface area contributed by atoms with E-state index in [1.54, 1.807) is 12.1 Å². The highest BCUT2D eigenvalue weighted by atomic mass is 16.5. The van der Waals surface area contributed by atoms with Gasteiger partial charge in [-0.15, -0.1) is 0 Å². The molecule has 1 aromatic heterocycles. The number of rotatable bonds is 6. The molecule has 6 nitrogen and oxygen atoms in total. The van der Waals surface area contributed by atoms with Crippen molar-refractivity contribution in [2.75, 3.05) is 19.5 Å². The highest BCUT2D eigenvalue weighted by Gasteiger charge is 2.21. The van der Waals surface area contributed by atoms with Crippen molar-refractivity contribution < 1.29 is 19.1 Å². The molecule has 0 aromatic carbocycles. The molecule has 0 spiro atoms. The van der Waals surface area contributed by atoms with Crippen LogP contribution in [0.25, 0.3) is 0 Å². The molecule has 1 unspecified atom stereocenters. The van der Waals surface area contributed by atoms with Gasteiger partial charge in [0.25, 0.3) is 0 Å². The Morgan fingerprint density at radius 2 is 2.00 bits per heavy atom. The van der Waals surface area contributed by atoms with E-state index in [0.717, 1.165) is 0 Å². The molecule has 1 N–H and O–H groups in total. The third kappa shape index (κ3) is 4.53. The molecule has 0 bridgehead atoms. The van der Waals surface area contributed by atoms with Crippen LogP contribution in [0.3, 0.4) is 0 Å². The predicted molar refractivity (Wildman–Crippen MR) is 74.5 cm³/mol. The molecule has 0 saturated heterocycles. The largest absolute Gasteiger partial charge is 0.467 e. The van der Waals surface area contributed by atoms with Crippen LogP contribution in [0.4, 0.5) is 5.82 Å². The Balaban J connectivity index is 2.87. The summed E-state index contributed by atoms with van der Waals surface area (Å²) in [7, 11) is 2.65. The van der Waals surface area contributed by atoms with Crippen LogP contribution in [0.15, 0.2) is 18.3 Å². The standard InChI is InChI=1S/C14H20N2O4/c1-9(2)7-11(14(18)20-4)16-12-8-10(5-6-15-12)13(17)19-3/h5-6,8-9,11H,7H2,1-4H3,(H,15,16). The fraction of sp³-hybridized carbons (Fsp3) is 0.500. The van der Waals surface area contributed by atoms with Gasteiger partial charge in [0.2, 0.25) is 0 Å². The molecule has 20 heavy (non-hydrogen) atoms. The molecular weight excluding hydrogens is 260 g/mol. The third-order valence-electron chi connectivity index (χ3n) is 2.70. The van der Waals surface area contributed by atoms with Crippen LogP contribution in [0.5, 0.6) is 0 Å². The number of hydrogen-bond donors (Lipinski definition) is 1. The number of ether oxygens (including phenoxy) is 2. The van der Waals surface area contributed by atoms with E-state index < -0.39 is 12.0 Å². The summed E-state index contributed by atoms with van der Waals surface area (Å²) >= 11 is 0. The van der Waals surface area contributed by atoms with Gasteiger partial charge in [0, 0.05) is 6.20 Å². The van der Waals surface area contributed by atoms with Crippen molar-refractivity contribution in [1.29, 1.82) is 0 Å². The van der Waals surface area contributed by atoms with Gasteiger partial charge in [-0.2, -0.15) is 0 Å². The molecule has 1 rings (SSSR count). The number of carbonyl (C=O) groups excluding carboxylic acids is 2. The number of anilines is 1. The number of nitrogens with zero attached hydrogens (tertiary/aromatic N) is 1. The minimum Gasteiger partial charge on any atom is -0.467 e. The fourth-order valence-electron chi connectivity index (χ4n) is 1.76. The highest BCUT2D eigenvalue weighted by molar-refractivity contribution is 5.90. The zero-order chi connectivity index (χ0) is 15.1. The van der Waals surface area contributed by atoms with E-state index in [9.17, 15) is 9.59 Å². The second kappa shape index (κ2) is 7.47. The maximum absolute atomic E-state index is 11.7. The van der Waals surface area contributed by atoms with E-state index in [4.69, 9.17) is 4.74 Å². The van der Waals surface area contributed by atoms with E-state index in [0.29, 0.717) is 23.7 Å². The number of pyridine rings is 1. The van der Waals surface area contributed by atoms with Gasteiger partial charge in [0.15, 0.2) is 0 Å². The topological polar surface area (TPSA) is 77.5 Å². The van der Waals surface area contributed by atoms with Gasteiger partial charge in [-0.25, -0.2) is 14.6 Å². The summed E-state index contributed by atoms with van der Waals surface area (Å²) in [4.78, 5) is 27.3. The quantitative estimate of drug-likeness (QED) is 0.801. The molecule has 110 valence electrons. The Bertz CT molecular complexity index is 474. The van der Waals surface area contributed by atoms with Gasteiger partial charge in [-0.1, -0.05) is 13.8 Å². The van der Waals surface area contributed by atoms with E-state index in [2.05, 4.69) is 15.0 Å². The Morgan fingerprint density at radius 1 is 1.30 bits per heavy atom. The molecule has 1 aromatic rings. The minimum absolute atomic E-state index is 0.315. The number of hydrogen-bond acceptors (Lipinski definition) is 6. The van der Waals surface area contributed by atoms with Gasteiger partial charge in [0.05, 0.1) is 19.8 Å². The first kappa shape index (κ1) is 15.9. The summed E-state index contributed by atoms with van der Waals surface area (Å²) in [6.07, 6.45) is 2.09. The van der Waals surface area contributed by atoms with E-state index >= 15 is 0 Å². The number of carbonyl (C=O) groups is 2. The van der Waals surface area contributed by atoms with Crippen LogP contribution in [-0.4, -0.2) is 37.2 Å². The Morgan fingerprint density at radius 3 is 2.55 bits per heavy atom. The highest BCUT2D eigenvalue weighted by Crippen LogP contribution is 2.14. The van der Waals surface area contributed by atoms with Gasteiger partial charge >= 0.3 is 11.9 Å². The lowest BCUT2D eigenvalue weighted by Crippen LogP contribution is -2.32. The van der Waals surface area contributed by atoms with E-state index in [-0.39, 0.29) is 5.97 Å². The second-order valence-electron chi connectivity index (χ2n) is 4.77. The number of nitrogens with one attached hydrogen (secondary N) is 1. The molecule has 0 fully saturated rings. The van der Waals surface area contributed by atoms with E-state index in [1.165, 1.54) is 20.4 Å². The first-order chi connectivity index (χ1) is 9.47. The van der Waals surface area contributed by atoms with Crippen LogP contribution >= 0.6 is 0 Å². The Hall–Kier alpha value is -2.11. The zero-order valence-corrected chi connectivity index (χ0v) is 12.2. The number of methoxy groups -OCH3 is 2. The van der Waals surface area contributed by atoms with Crippen molar-refractivity contribution in [1.82, 2.24) is 4.98 Å². The first-order valence-corrected chi connectivity index (χ1v) is 6.36. The lowest BCUT2D eigenvalue weighted by atomic mass is 10.0. The lowest BCUT2D eigenvalue weighted by molar-refractivity contribution is -0.141. The van der Waals surface area contributed by atoms with E-state index in [1.807, 2.05) is 13.8 Å². The van der Waals surface area contributed by atoms with Crippen LogP contribution < -0.4 is 5.32 Å². The summed E-state index contributed by atoms with van der Waals surface area (Å²) in [5.41, 5.74) is 0.373. The summed E-state index contributed by atoms with van der Waals surface area (Å²) in [6, 6.07) is 2.59. The van der Waals surface area contributed by atoms with Crippen LogP contribution in [0, 0.1) is 5.92 Å². The summed E-state index contributed by atoms with van der Waals surface area (Å²) < 4.78 is 9.41. The molecule has 0 aliphatic rings. The molecule has 0 aliphatic carbocycles. The van der Waals surface area contributed by atoms with Crippen molar-refractivity contribution in [3.05, 3.63) is 23.9 Å². The Labute approximate surface area is 118 Å². The normalized spacial score (nSPS) is 11.8. The van der Waals surface area contributed by atoms with Gasteiger partial charge in [-0.05, 0) is 24.5 Å². The predicted octanol–water partition coefficient (Wildman–Crippen LogP) is 1.87. The molecule has 0 aliphatic heterocycles. The SMILES string of the molecule is COC(=O)c1ccnc(NC(CC(C)C)C(=O)OC)c1. The van der Waals surface area contributed by atoms with Gasteiger partial charge in [-0.3, -0.25) is 0 Å². The monoisotopic (exact) mass is 280 g/mol. The fourth-order valence-corrected chi connectivity index (χ4v) is 1.76. The summed E-state index contributed by atoms with van der Waals surface area (Å²) in [5.74, 6) is -0.0581. The molecule has 0 radical (unpaired) electrons. The van der Waals surface area contributed by atoms with Gasteiger partial charge in [0.1, 0.15) is 11.9 Å². The Kier molecular flexibility index (Phi) is 5.96. The smallest absolute Gasteiger partial charge is 0.338 e. The summed E-state index contributed by atoms with van der Waals surface area (Å²) in [5, 5.41) is 2.99. The molecule has 0 saturated carbocycles. The van der Waals surface area contributed by atoms with Crippen molar-refractivity contribution in [3.63, 3.8) is 0 Å².